The molecule has 6 nitrogen and oxygen atoms in total. The molecule has 0 bridgehead atoms. The van der Waals surface area contributed by atoms with Crippen LogP contribution in [0.3, 0.4) is 0 Å². The van der Waals surface area contributed by atoms with Gasteiger partial charge >= 0.3 is 31.1 Å². The van der Waals surface area contributed by atoms with Gasteiger partial charge in [-0.3, -0.25) is 6.29 Å². The molecular weight excluding hydrogens is 678 g/mol. The average Bonchev–Trinajstić information content (AvgIpc) is 3.60. The fourth-order valence-electron chi connectivity index (χ4n) is 3.37. The molecule has 0 amide bonds. The minimum atomic E-state index is -0.701. The van der Waals surface area contributed by atoms with E-state index >= 15 is 0 Å². The molecule has 4 N–H and O–H groups in total. The van der Waals surface area contributed by atoms with Crippen LogP contribution in [0.4, 0.5) is 11.4 Å². The van der Waals surface area contributed by atoms with Gasteiger partial charge in [-0.2, -0.15) is 11.6 Å². The Balaban J connectivity index is 0.000000517. The fourth-order valence-corrected chi connectivity index (χ4v) is 4.80. The molecule has 0 saturated heterocycles. The molecule has 2 fully saturated rings. The van der Waals surface area contributed by atoms with Gasteiger partial charge in [0.15, 0.2) is 0 Å². The Morgan fingerprint density at radius 2 is 1.97 bits per heavy atom. The number of carbonyl (C=O) groups excluding carboxylic acids is 1. The van der Waals surface area contributed by atoms with Crippen LogP contribution in [0.1, 0.15) is 82.6 Å². The van der Waals surface area contributed by atoms with Crippen LogP contribution in [-0.2, 0) is 4.79 Å². The normalized spacial score (nSPS) is 16.7. The molecule has 0 radical (unpaired) electrons. The van der Waals surface area contributed by atoms with Crippen molar-refractivity contribution in [1.29, 1.82) is 0 Å². The minimum absolute atomic E-state index is 0. The van der Waals surface area contributed by atoms with Gasteiger partial charge in [-0.15, -0.1) is 16.8 Å². The van der Waals surface area contributed by atoms with Crippen molar-refractivity contribution in [2.24, 2.45) is 0 Å². The number of anilines is 1. The number of nitrogens with zero attached hydrogens (tertiary/aromatic N) is 2. The Bertz CT molecular complexity index is 822. The van der Waals surface area contributed by atoms with Crippen LogP contribution < -0.4 is 15.3 Å². The SMILES string of the molecule is CCC[C-]=O.CCN[N+](O)(S)c1cc(N)ccc1-c1cnc(C2CCCCC2)s1.[CH-]1CC1.[U+2]. The van der Waals surface area contributed by atoms with E-state index in [1.807, 2.05) is 32.2 Å². The van der Waals surface area contributed by atoms with Crippen LogP contribution in [0.5, 0.6) is 0 Å². The van der Waals surface area contributed by atoms with E-state index in [0.29, 0.717) is 30.3 Å². The van der Waals surface area contributed by atoms with Gasteiger partial charge in [0.1, 0.15) is 12.8 Å². The largest absolute Gasteiger partial charge is 2.00 e. The predicted octanol–water partition coefficient (Wildman–Crippen LogP) is 6.39. The molecule has 0 spiro atoms. The maximum Gasteiger partial charge on any atom is 2.00 e. The molecule has 2 aliphatic rings. The van der Waals surface area contributed by atoms with Gasteiger partial charge in [0.2, 0.25) is 5.69 Å². The van der Waals surface area contributed by atoms with Crippen molar-refractivity contribution < 1.29 is 41.1 Å². The first-order valence-corrected chi connectivity index (χ1v) is 12.8. The van der Waals surface area contributed by atoms with Crippen LogP contribution in [0.25, 0.3) is 10.4 Å². The molecule has 1 unspecified atom stereocenters. The number of hydrogen-bond donors (Lipinski definition) is 4. The van der Waals surface area contributed by atoms with Gasteiger partial charge in [-0.05, 0) is 36.1 Å². The third-order valence-corrected chi connectivity index (χ3v) is 6.67. The summed E-state index contributed by atoms with van der Waals surface area (Å²) in [4.78, 5) is 15.0. The monoisotopic (exact) mass is 715 g/mol. The topological polar surface area (TPSA) is 88.2 Å². The second kappa shape index (κ2) is 16.3. The summed E-state index contributed by atoms with van der Waals surface area (Å²) in [5.41, 5.74) is 11.0. The number of benzene rings is 1. The van der Waals surface area contributed by atoms with E-state index in [2.05, 4.69) is 29.6 Å². The number of nitrogens with one attached hydrogen (secondary N) is 1. The fraction of sp³-hybridized carbons (Fsp3) is 0.542. The molecule has 33 heavy (non-hydrogen) atoms. The Morgan fingerprint density at radius 3 is 2.48 bits per heavy atom. The van der Waals surface area contributed by atoms with Crippen molar-refractivity contribution in [3.8, 4) is 10.4 Å². The molecule has 9 heteroatoms. The maximum atomic E-state index is 10.6. The first-order chi connectivity index (χ1) is 15.4. The van der Waals surface area contributed by atoms with Crippen LogP contribution in [0.2, 0.25) is 0 Å². The van der Waals surface area contributed by atoms with Gasteiger partial charge in [-0.1, -0.05) is 32.6 Å². The van der Waals surface area contributed by atoms with Crippen molar-refractivity contribution in [3.05, 3.63) is 35.8 Å². The average molecular weight is 716 g/mol. The number of nitrogen functional groups attached to an aromatic ring is 1. The summed E-state index contributed by atoms with van der Waals surface area (Å²) < 4.78 is -0.701. The third kappa shape index (κ3) is 10.8. The van der Waals surface area contributed by atoms with Crippen LogP contribution in [-0.4, -0.2) is 23.0 Å². The zero-order valence-corrected chi connectivity index (χ0v) is 25.6. The number of rotatable bonds is 7. The Labute approximate surface area is 232 Å². The third-order valence-electron chi connectivity index (χ3n) is 5.12. The van der Waals surface area contributed by atoms with Crippen LogP contribution in [0.15, 0.2) is 24.4 Å². The maximum absolute atomic E-state index is 10.6. The van der Waals surface area contributed by atoms with E-state index in [9.17, 15) is 10.0 Å². The summed E-state index contributed by atoms with van der Waals surface area (Å²) in [6.45, 7) is 4.44. The zero-order chi connectivity index (χ0) is 23.4. The summed E-state index contributed by atoms with van der Waals surface area (Å²) >= 11 is 6.05. The van der Waals surface area contributed by atoms with E-state index in [4.69, 9.17) is 5.73 Å². The second-order valence-electron chi connectivity index (χ2n) is 8.05. The molecule has 1 aromatic heterocycles. The number of thiol groups is 1. The van der Waals surface area contributed by atoms with Gasteiger partial charge in [-0.25, -0.2) is 17.8 Å². The quantitative estimate of drug-likeness (QED) is 0.0879. The minimum Gasteiger partial charge on any atom is -0.542 e. The molecule has 180 valence electrons. The van der Waals surface area contributed by atoms with Crippen LogP contribution in [0, 0.1) is 37.5 Å². The molecular formula is C24H37N4O2S2U+. The Hall–Kier alpha value is -0.398. The molecule has 2 saturated carbocycles. The molecule has 4 rings (SSSR count). The zero-order valence-electron chi connectivity index (χ0n) is 19.7. The summed E-state index contributed by atoms with van der Waals surface area (Å²) in [6.07, 6.45) is 16.6. The second-order valence-corrected chi connectivity index (χ2v) is 9.69. The number of quaternary nitrogens is 1. The number of hydrogen-bond acceptors (Lipinski definition) is 7. The number of thiazole rings is 1. The van der Waals surface area contributed by atoms with Gasteiger partial charge in [0, 0.05) is 30.4 Å². The van der Waals surface area contributed by atoms with E-state index < -0.39 is 4.16 Å². The molecule has 2 aromatic rings. The number of nitrogens with two attached hydrogens (primary N) is 1. The van der Waals surface area contributed by atoms with Crippen molar-refractivity contribution in [2.45, 2.75) is 77.6 Å². The van der Waals surface area contributed by atoms with Crippen molar-refractivity contribution in [3.63, 3.8) is 0 Å². The number of aromatic nitrogens is 1. The Kier molecular flexibility index (Phi) is 15.1. The smallest absolute Gasteiger partial charge is 0.542 e. The molecule has 2 aliphatic carbocycles. The van der Waals surface area contributed by atoms with Crippen molar-refractivity contribution in [2.75, 3.05) is 12.3 Å². The molecule has 1 atom stereocenters. The first kappa shape index (κ1) is 30.6. The molecule has 1 heterocycles. The van der Waals surface area contributed by atoms with E-state index in [1.165, 1.54) is 50.0 Å². The Morgan fingerprint density at radius 1 is 1.30 bits per heavy atom. The summed E-state index contributed by atoms with van der Waals surface area (Å²) in [6, 6.07) is 5.53. The van der Waals surface area contributed by atoms with E-state index in [0.717, 1.165) is 16.9 Å². The summed E-state index contributed by atoms with van der Waals surface area (Å²) in [5.74, 6) is 0.577. The van der Waals surface area contributed by atoms with Gasteiger partial charge in [0.25, 0.3) is 0 Å². The first-order valence-electron chi connectivity index (χ1n) is 11.5. The van der Waals surface area contributed by atoms with Crippen molar-refractivity contribution >= 4 is 41.8 Å². The predicted molar refractivity (Wildman–Crippen MR) is 138 cm³/mol. The van der Waals surface area contributed by atoms with E-state index in [1.54, 1.807) is 23.7 Å². The number of unbranched alkanes of at least 4 members (excludes halogenated alkanes) is 1. The van der Waals surface area contributed by atoms with Gasteiger partial charge < -0.3 is 16.9 Å². The van der Waals surface area contributed by atoms with Crippen molar-refractivity contribution in [1.82, 2.24) is 14.6 Å². The standard InChI is InChI=1S/C17H25N4OS2.C4H7O.C3H5.U/c1-2-20-21(22,23)15-10-13(18)8-9-14(15)16-11-19-17(24-16)12-6-4-3-5-7-12;1-2-3-4-5;1-2-3-1;/h8-12,20,22-23H,2-7,18H2,1H3;2-3H2,1H3;1H,2-3H2;/q+1;2*-1;+2. The summed E-state index contributed by atoms with van der Waals surface area (Å²) in [7, 11) is 0. The summed E-state index contributed by atoms with van der Waals surface area (Å²) in [5, 5.41) is 11.8. The van der Waals surface area contributed by atoms with Crippen LogP contribution >= 0.6 is 24.2 Å². The molecule has 0 aliphatic heterocycles. The van der Waals surface area contributed by atoms with E-state index in [-0.39, 0.29) is 31.1 Å². The molecule has 1 aromatic carbocycles. The van der Waals surface area contributed by atoms with Gasteiger partial charge in [0.05, 0.1) is 15.4 Å².